The van der Waals surface area contributed by atoms with Gasteiger partial charge in [-0.2, -0.15) is 0 Å². The largest absolute Gasteiger partial charge is 0.496 e. The molecule has 4 rings (SSSR count). The summed E-state index contributed by atoms with van der Waals surface area (Å²) in [4.78, 5) is 28.8. The number of carbonyl (C=O) groups is 1. The van der Waals surface area contributed by atoms with Crippen LogP contribution >= 0.6 is 12.2 Å². The van der Waals surface area contributed by atoms with Crippen LogP contribution in [0.5, 0.6) is 5.75 Å². The molecular formula is C23H22N4O6S. The summed E-state index contributed by atoms with van der Waals surface area (Å²) in [6.45, 7) is 0.323. The molecule has 11 heteroatoms. The number of nitro benzene ring substituents is 1. The highest BCUT2D eigenvalue weighted by Crippen LogP contribution is 2.42. The van der Waals surface area contributed by atoms with Crippen molar-refractivity contribution in [2.75, 3.05) is 20.8 Å². The van der Waals surface area contributed by atoms with E-state index in [1.807, 2.05) is 29.2 Å². The second-order valence-corrected chi connectivity index (χ2v) is 7.88. The number of nitrogens with zero attached hydrogens (tertiary/aromatic N) is 3. The standard InChI is InChI=1S/C23H22N4O6S/c1-31-19-13-14(27(29)30)6-7-15(19)17-8-9-18(33-17)22-21(16-5-3-4-11-24-16)25-23(34)26(22)12-10-20(28)32-2/h3-9,11,13,21-22H,10,12H2,1-2H3,(H,25,34)/t21-,22-/m0/s1. The van der Waals surface area contributed by atoms with Crippen molar-refractivity contribution in [3.05, 3.63) is 76.3 Å². The Bertz CT molecular complexity index is 1220. The molecule has 0 amide bonds. The average molecular weight is 483 g/mol. The first-order chi connectivity index (χ1) is 16.4. The minimum atomic E-state index is -0.484. The highest BCUT2D eigenvalue weighted by molar-refractivity contribution is 7.80. The molecule has 0 aliphatic carbocycles. The van der Waals surface area contributed by atoms with Crippen LogP contribution in [0.1, 0.15) is 30.0 Å². The van der Waals surface area contributed by atoms with E-state index < -0.39 is 4.92 Å². The molecule has 0 spiro atoms. The fraction of sp³-hybridized carbons (Fsp3) is 0.261. The lowest BCUT2D eigenvalue weighted by Gasteiger charge is -2.25. The van der Waals surface area contributed by atoms with E-state index >= 15 is 0 Å². The monoisotopic (exact) mass is 482 g/mol. The fourth-order valence-electron chi connectivity index (χ4n) is 3.92. The predicted molar refractivity (Wildman–Crippen MR) is 126 cm³/mol. The molecule has 3 aromatic rings. The van der Waals surface area contributed by atoms with Crippen LogP contribution in [-0.2, 0) is 9.53 Å². The maximum Gasteiger partial charge on any atom is 0.307 e. The van der Waals surface area contributed by atoms with Gasteiger partial charge in [-0.15, -0.1) is 0 Å². The number of methoxy groups -OCH3 is 2. The molecule has 1 aromatic carbocycles. The van der Waals surface area contributed by atoms with Gasteiger partial charge in [-0.25, -0.2) is 0 Å². The summed E-state index contributed by atoms with van der Waals surface area (Å²) in [6.07, 6.45) is 1.84. The fourth-order valence-corrected chi connectivity index (χ4v) is 4.25. The molecule has 1 fully saturated rings. The Balaban J connectivity index is 1.71. The first kappa shape index (κ1) is 23.2. The van der Waals surface area contributed by atoms with E-state index in [4.69, 9.17) is 26.1 Å². The number of non-ortho nitro benzene ring substituents is 1. The van der Waals surface area contributed by atoms with Crippen LogP contribution in [-0.4, -0.2) is 46.7 Å². The Morgan fingerprint density at radius 2 is 2.09 bits per heavy atom. The molecule has 2 atom stereocenters. The van der Waals surface area contributed by atoms with Gasteiger partial charge in [-0.3, -0.25) is 19.9 Å². The number of hydrogen-bond donors (Lipinski definition) is 1. The highest BCUT2D eigenvalue weighted by atomic mass is 32.1. The van der Waals surface area contributed by atoms with Crippen LogP contribution in [0.15, 0.2) is 59.1 Å². The highest BCUT2D eigenvalue weighted by Gasteiger charge is 2.41. The van der Waals surface area contributed by atoms with Gasteiger partial charge in [0.15, 0.2) is 5.11 Å². The number of ether oxygens (including phenoxy) is 2. The van der Waals surface area contributed by atoms with Gasteiger partial charge in [-0.05, 0) is 42.5 Å². The molecule has 10 nitrogen and oxygen atoms in total. The molecule has 3 heterocycles. The Morgan fingerprint density at radius 3 is 2.76 bits per heavy atom. The Labute approximate surface area is 200 Å². The Kier molecular flexibility index (Phi) is 6.73. The molecule has 1 saturated heterocycles. The van der Waals surface area contributed by atoms with Crippen LogP contribution in [0.25, 0.3) is 11.3 Å². The summed E-state index contributed by atoms with van der Waals surface area (Å²) in [5.41, 5.74) is 1.26. The number of benzene rings is 1. The van der Waals surface area contributed by atoms with E-state index in [1.165, 1.54) is 26.4 Å². The van der Waals surface area contributed by atoms with Gasteiger partial charge in [-0.1, -0.05) is 6.07 Å². The number of nitrogens with one attached hydrogen (secondary N) is 1. The van der Waals surface area contributed by atoms with E-state index in [-0.39, 0.29) is 30.2 Å². The molecule has 1 N–H and O–H groups in total. The zero-order valence-corrected chi connectivity index (χ0v) is 19.3. The van der Waals surface area contributed by atoms with Gasteiger partial charge in [0.25, 0.3) is 5.69 Å². The number of rotatable bonds is 8. The van der Waals surface area contributed by atoms with E-state index in [0.29, 0.717) is 34.5 Å². The summed E-state index contributed by atoms with van der Waals surface area (Å²) in [7, 11) is 2.78. The third kappa shape index (κ3) is 4.55. The second kappa shape index (κ2) is 9.87. The summed E-state index contributed by atoms with van der Waals surface area (Å²) in [6, 6.07) is 12.8. The van der Waals surface area contributed by atoms with Crippen molar-refractivity contribution in [1.29, 1.82) is 0 Å². The summed E-state index contributed by atoms with van der Waals surface area (Å²) in [5.74, 6) is 1.04. The predicted octanol–water partition coefficient (Wildman–Crippen LogP) is 3.79. The Morgan fingerprint density at radius 1 is 1.26 bits per heavy atom. The molecule has 1 aliphatic rings. The zero-order valence-electron chi connectivity index (χ0n) is 18.5. The van der Waals surface area contributed by atoms with Crippen LogP contribution in [0.3, 0.4) is 0 Å². The van der Waals surface area contributed by atoms with Crippen LogP contribution in [0.4, 0.5) is 5.69 Å². The third-order valence-electron chi connectivity index (χ3n) is 5.56. The maximum absolute atomic E-state index is 11.8. The first-order valence-corrected chi connectivity index (χ1v) is 10.8. The van der Waals surface area contributed by atoms with Gasteiger partial charge in [0, 0.05) is 18.8 Å². The number of aromatic nitrogens is 1. The van der Waals surface area contributed by atoms with Crippen molar-refractivity contribution in [3.8, 4) is 17.1 Å². The molecule has 34 heavy (non-hydrogen) atoms. The molecule has 0 saturated carbocycles. The number of nitro groups is 1. The third-order valence-corrected chi connectivity index (χ3v) is 5.91. The summed E-state index contributed by atoms with van der Waals surface area (Å²) >= 11 is 5.57. The van der Waals surface area contributed by atoms with Crippen molar-refractivity contribution in [2.24, 2.45) is 0 Å². The minimum Gasteiger partial charge on any atom is -0.496 e. The van der Waals surface area contributed by atoms with Gasteiger partial charge in [0.05, 0.1) is 48.9 Å². The van der Waals surface area contributed by atoms with E-state index in [2.05, 4.69) is 10.3 Å². The van der Waals surface area contributed by atoms with E-state index in [0.717, 1.165) is 5.69 Å². The van der Waals surface area contributed by atoms with Crippen molar-refractivity contribution >= 4 is 29.0 Å². The molecular weight excluding hydrogens is 460 g/mol. The smallest absolute Gasteiger partial charge is 0.307 e. The van der Waals surface area contributed by atoms with Crippen LogP contribution in [0.2, 0.25) is 0 Å². The molecule has 176 valence electrons. The summed E-state index contributed by atoms with van der Waals surface area (Å²) in [5, 5.41) is 14.9. The molecule has 2 aromatic heterocycles. The summed E-state index contributed by atoms with van der Waals surface area (Å²) < 4.78 is 16.4. The SMILES string of the molecule is COC(=O)CCN1C(=S)N[C@@H](c2ccccn2)[C@@H]1c1ccc(-c2ccc([N+](=O)[O-])cc2OC)o1. The maximum atomic E-state index is 11.8. The van der Waals surface area contributed by atoms with Crippen molar-refractivity contribution in [3.63, 3.8) is 0 Å². The molecule has 1 aliphatic heterocycles. The molecule has 0 unspecified atom stereocenters. The van der Waals surface area contributed by atoms with Gasteiger partial charge < -0.3 is 24.1 Å². The second-order valence-electron chi connectivity index (χ2n) is 7.49. The molecule has 0 bridgehead atoms. The average Bonchev–Trinajstić information content (AvgIpc) is 3.46. The van der Waals surface area contributed by atoms with Gasteiger partial charge >= 0.3 is 5.97 Å². The lowest BCUT2D eigenvalue weighted by atomic mass is 10.0. The first-order valence-electron chi connectivity index (χ1n) is 10.4. The van der Waals surface area contributed by atoms with Crippen molar-refractivity contribution in [1.82, 2.24) is 15.2 Å². The number of hydrogen-bond acceptors (Lipinski definition) is 8. The Hall–Kier alpha value is -3.99. The number of thiocarbonyl (C=S) groups is 1. The van der Waals surface area contributed by atoms with Crippen LogP contribution in [0, 0.1) is 10.1 Å². The number of furan rings is 1. The number of carbonyl (C=O) groups excluding carboxylic acids is 1. The van der Waals surface area contributed by atoms with Crippen molar-refractivity contribution < 1.29 is 23.6 Å². The number of esters is 1. The topological polar surface area (TPSA) is 120 Å². The van der Waals surface area contributed by atoms with Gasteiger partial charge in [0.2, 0.25) is 0 Å². The zero-order chi connectivity index (χ0) is 24.2. The van der Waals surface area contributed by atoms with Crippen LogP contribution < -0.4 is 10.1 Å². The lowest BCUT2D eigenvalue weighted by Crippen LogP contribution is -2.31. The lowest BCUT2D eigenvalue weighted by molar-refractivity contribution is -0.384. The van der Waals surface area contributed by atoms with Gasteiger partial charge in [0.1, 0.15) is 23.3 Å². The molecule has 0 radical (unpaired) electrons. The normalized spacial score (nSPS) is 17.4. The van der Waals surface area contributed by atoms with E-state index in [9.17, 15) is 14.9 Å². The quantitative estimate of drug-likeness (QED) is 0.220. The number of pyridine rings is 1. The minimum absolute atomic E-state index is 0.0816. The van der Waals surface area contributed by atoms with Crippen molar-refractivity contribution in [2.45, 2.75) is 18.5 Å². The van der Waals surface area contributed by atoms with E-state index in [1.54, 1.807) is 18.3 Å².